The summed E-state index contributed by atoms with van der Waals surface area (Å²) in [5.41, 5.74) is 1.56. The molecule has 1 aromatic rings. The fraction of sp³-hybridized carbons (Fsp3) is 0.581. The van der Waals surface area contributed by atoms with Crippen LogP contribution in [0.1, 0.15) is 56.1 Å². The van der Waals surface area contributed by atoms with E-state index in [-0.39, 0.29) is 18.4 Å². The molecule has 2 fully saturated rings. The van der Waals surface area contributed by atoms with E-state index in [0.29, 0.717) is 32.5 Å². The Morgan fingerprint density at radius 1 is 1.00 bits per heavy atom. The predicted molar refractivity (Wildman–Crippen MR) is 147 cm³/mol. The van der Waals surface area contributed by atoms with E-state index in [4.69, 9.17) is 14.6 Å². The topological polar surface area (TPSA) is 96.4 Å². The highest BCUT2D eigenvalue weighted by Gasteiger charge is 2.71. The molecule has 1 aromatic carbocycles. The molecule has 0 radical (unpaired) electrons. The number of aryl methyl sites for hydroxylation is 2. The average Bonchev–Trinajstić information content (AvgIpc) is 3.29. The van der Waals surface area contributed by atoms with Crippen molar-refractivity contribution in [1.29, 1.82) is 0 Å². The lowest BCUT2D eigenvalue weighted by atomic mass is 9.78. The predicted octanol–water partition coefficient (Wildman–Crippen LogP) is 3.62. The molecule has 210 valence electrons. The van der Waals surface area contributed by atoms with Crippen LogP contribution in [-0.2, 0) is 23.9 Å². The molecular weight excluding hydrogens is 496 g/mol. The normalized spacial score (nSPS) is 31.4. The maximum Gasteiger partial charge on any atom is 0.312 e. The number of hydrogen-bond acceptors (Lipinski definition) is 6. The first-order valence-corrected chi connectivity index (χ1v) is 14.4. The number of hydrogen-bond donors (Lipinski definition) is 1. The second-order valence-corrected chi connectivity index (χ2v) is 11.2. The lowest BCUT2D eigenvalue weighted by Crippen LogP contribution is -2.55. The van der Waals surface area contributed by atoms with Crippen LogP contribution in [-0.4, -0.2) is 71.8 Å². The third kappa shape index (κ3) is 4.93. The summed E-state index contributed by atoms with van der Waals surface area (Å²) in [4.78, 5) is 45.6. The summed E-state index contributed by atoms with van der Waals surface area (Å²) >= 11 is 0. The number of allylic oxidation sites excluding steroid dienone is 1. The summed E-state index contributed by atoms with van der Waals surface area (Å²) in [7, 11) is 0. The molecule has 1 spiro atoms. The Bertz CT molecular complexity index is 1140. The van der Waals surface area contributed by atoms with Gasteiger partial charge < -0.3 is 24.4 Å². The summed E-state index contributed by atoms with van der Waals surface area (Å²) in [5.74, 6) is -2.48. The molecule has 1 unspecified atom stereocenters. The highest BCUT2D eigenvalue weighted by Crippen LogP contribution is 2.53. The van der Waals surface area contributed by atoms with E-state index in [9.17, 15) is 14.4 Å². The van der Waals surface area contributed by atoms with Gasteiger partial charge in [-0.2, -0.15) is 0 Å². The minimum atomic E-state index is -1.25. The van der Waals surface area contributed by atoms with E-state index in [1.165, 1.54) is 0 Å². The van der Waals surface area contributed by atoms with Gasteiger partial charge in [-0.15, -0.1) is 0 Å². The Labute approximate surface area is 230 Å². The average molecular weight is 537 g/mol. The Morgan fingerprint density at radius 2 is 1.77 bits per heavy atom. The maximum atomic E-state index is 14.5. The van der Waals surface area contributed by atoms with Crippen molar-refractivity contribution in [2.75, 3.05) is 31.2 Å². The smallest absolute Gasteiger partial charge is 0.312 e. The molecule has 0 saturated carbocycles. The van der Waals surface area contributed by atoms with Crippen LogP contribution in [0, 0.1) is 25.7 Å². The highest BCUT2D eigenvalue weighted by atomic mass is 16.6. The molecule has 39 heavy (non-hydrogen) atoms. The van der Waals surface area contributed by atoms with Crippen molar-refractivity contribution < 1.29 is 29.0 Å². The van der Waals surface area contributed by atoms with Gasteiger partial charge in [-0.3, -0.25) is 14.4 Å². The van der Waals surface area contributed by atoms with Gasteiger partial charge in [0.25, 0.3) is 5.91 Å². The molecule has 2 saturated heterocycles. The van der Waals surface area contributed by atoms with Crippen LogP contribution in [0.25, 0.3) is 0 Å². The van der Waals surface area contributed by atoms with Crippen LogP contribution in [0.15, 0.2) is 42.5 Å². The van der Waals surface area contributed by atoms with Crippen LogP contribution in [0.5, 0.6) is 0 Å². The summed E-state index contributed by atoms with van der Waals surface area (Å²) < 4.78 is 12.3. The van der Waals surface area contributed by atoms with E-state index >= 15 is 0 Å². The summed E-state index contributed by atoms with van der Waals surface area (Å²) in [6.45, 7) is 5.17. The number of fused-ring (bicyclic) bond motifs is 2. The zero-order valence-electron chi connectivity index (χ0n) is 23.0. The summed E-state index contributed by atoms with van der Waals surface area (Å²) in [5, 5.41) is 9.16. The molecule has 2 amide bonds. The van der Waals surface area contributed by atoms with Gasteiger partial charge in [-0.1, -0.05) is 55.3 Å². The number of likely N-dealkylation sites (tertiary alicyclic amines) is 1. The molecule has 0 bridgehead atoms. The third-order valence-electron chi connectivity index (χ3n) is 8.62. The van der Waals surface area contributed by atoms with Crippen molar-refractivity contribution in [3.63, 3.8) is 0 Å². The number of carbonyl (C=O) groups is 3. The second kappa shape index (κ2) is 11.6. The van der Waals surface area contributed by atoms with Gasteiger partial charge >= 0.3 is 5.97 Å². The number of aliphatic hydroxyl groups is 1. The Morgan fingerprint density at radius 3 is 2.54 bits per heavy atom. The number of unbranched alkanes of at least 4 members (excludes halogenated alkanes) is 3. The molecule has 8 heteroatoms. The van der Waals surface area contributed by atoms with Crippen molar-refractivity contribution >= 4 is 23.5 Å². The molecule has 4 aliphatic heterocycles. The van der Waals surface area contributed by atoms with Gasteiger partial charge in [0.1, 0.15) is 17.6 Å². The molecule has 4 aliphatic rings. The van der Waals surface area contributed by atoms with E-state index in [0.717, 1.165) is 48.9 Å². The molecule has 1 N–H and O–H groups in total. The second-order valence-electron chi connectivity index (χ2n) is 11.2. The fourth-order valence-electron chi connectivity index (χ4n) is 6.84. The number of aliphatic hydroxyl groups excluding tert-OH is 1. The largest absolute Gasteiger partial charge is 0.465 e. The number of esters is 1. The van der Waals surface area contributed by atoms with Gasteiger partial charge in [-0.25, -0.2) is 0 Å². The summed E-state index contributed by atoms with van der Waals surface area (Å²) in [6, 6.07) is 5.06. The monoisotopic (exact) mass is 536 g/mol. The Balaban J connectivity index is 1.56. The van der Waals surface area contributed by atoms with Gasteiger partial charge in [0.05, 0.1) is 18.6 Å². The SMILES string of the molecule is Cc1cccc(C)c1N1CC=C[C@]23O[C@@H]4/C=C\CCCCOC(=O)[C@@H]4[C@H]2C(=O)N(CCCCCCO)C3C1=O. The fourth-order valence-corrected chi connectivity index (χ4v) is 6.84. The van der Waals surface area contributed by atoms with Crippen molar-refractivity contribution in [1.82, 2.24) is 4.90 Å². The van der Waals surface area contributed by atoms with Crippen molar-refractivity contribution in [3.8, 4) is 0 Å². The molecule has 0 aromatic heterocycles. The van der Waals surface area contributed by atoms with Crippen LogP contribution in [0.4, 0.5) is 5.69 Å². The third-order valence-corrected chi connectivity index (χ3v) is 8.62. The molecule has 8 nitrogen and oxygen atoms in total. The van der Waals surface area contributed by atoms with Gasteiger partial charge in [0, 0.05) is 25.4 Å². The van der Waals surface area contributed by atoms with E-state index in [1.807, 2.05) is 56.4 Å². The van der Waals surface area contributed by atoms with E-state index in [1.54, 1.807) is 9.80 Å². The Kier molecular flexibility index (Phi) is 8.24. The molecule has 5 rings (SSSR count). The Hall–Kier alpha value is -2.97. The zero-order chi connectivity index (χ0) is 27.6. The first kappa shape index (κ1) is 27.6. The first-order valence-electron chi connectivity index (χ1n) is 14.4. The number of rotatable bonds is 7. The first-order chi connectivity index (χ1) is 18.9. The van der Waals surface area contributed by atoms with Crippen LogP contribution >= 0.6 is 0 Å². The number of amides is 2. The molecule has 0 aliphatic carbocycles. The van der Waals surface area contributed by atoms with Crippen LogP contribution < -0.4 is 4.90 Å². The number of para-hydroxylation sites is 1. The molecule has 4 heterocycles. The van der Waals surface area contributed by atoms with E-state index < -0.39 is 35.6 Å². The van der Waals surface area contributed by atoms with Gasteiger partial charge in [0.15, 0.2) is 0 Å². The van der Waals surface area contributed by atoms with Crippen LogP contribution in [0.3, 0.4) is 0 Å². The van der Waals surface area contributed by atoms with E-state index in [2.05, 4.69) is 0 Å². The number of cyclic esters (lactones) is 1. The highest BCUT2D eigenvalue weighted by molar-refractivity contribution is 6.06. The van der Waals surface area contributed by atoms with Crippen molar-refractivity contribution in [3.05, 3.63) is 53.6 Å². The molecule has 5 atom stereocenters. The van der Waals surface area contributed by atoms with Gasteiger partial charge in [0.2, 0.25) is 5.91 Å². The quantitative estimate of drug-likeness (QED) is 0.325. The lowest BCUT2D eigenvalue weighted by Gasteiger charge is -2.36. The zero-order valence-corrected chi connectivity index (χ0v) is 23.0. The van der Waals surface area contributed by atoms with Crippen LogP contribution in [0.2, 0.25) is 0 Å². The van der Waals surface area contributed by atoms with Gasteiger partial charge in [-0.05, 0) is 57.1 Å². The summed E-state index contributed by atoms with van der Waals surface area (Å²) in [6.07, 6.45) is 12.7. The van der Waals surface area contributed by atoms with Crippen molar-refractivity contribution in [2.45, 2.75) is 76.5 Å². The van der Waals surface area contributed by atoms with Crippen molar-refractivity contribution in [2.24, 2.45) is 11.8 Å². The lowest BCUT2D eigenvalue weighted by molar-refractivity contribution is -0.154. The maximum absolute atomic E-state index is 14.5. The number of benzene rings is 1. The number of carbonyl (C=O) groups excluding carboxylic acids is 3. The number of anilines is 1. The molecular formula is C31H40N2O6. The number of nitrogens with zero attached hydrogens (tertiary/aromatic N) is 2. The number of ether oxygens (including phenoxy) is 2. The minimum absolute atomic E-state index is 0.136. The standard InChI is InChI=1S/C31H40N2O6/c1-21-13-11-14-22(2)26(21)32-18-12-16-31-25(24-23(39-31)15-7-3-6-10-20-38-30(24)37)28(35)33(27(31)29(32)36)17-8-4-5-9-19-34/h7,11-16,23-25,27,34H,3-6,8-10,17-20H2,1-2H3/b15-7-/t23-,24+,25+,27?,31+/m1/s1. The minimum Gasteiger partial charge on any atom is -0.465 e.